The fourth-order valence-electron chi connectivity index (χ4n) is 1.36. The van der Waals surface area contributed by atoms with Crippen LogP contribution in [0.25, 0.3) is 5.82 Å². The van der Waals surface area contributed by atoms with Crippen molar-refractivity contribution in [3.8, 4) is 5.82 Å². The molecule has 2 rings (SSSR count). The number of nitrogens with zero attached hydrogens (tertiary/aromatic N) is 2. The second kappa shape index (κ2) is 3.78. The third kappa shape index (κ3) is 1.57. The van der Waals surface area contributed by atoms with E-state index in [4.69, 9.17) is 23.7 Å². The normalized spacial score (nSPS) is 10.2. The van der Waals surface area contributed by atoms with Gasteiger partial charge in [-0.15, -0.1) is 0 Å². The minimum absolute atomic E-state index is 0.0243. The van der Waals surface area contributed by atoms with Crippen LogP contribution in [-0.2, 0) is 0 Å². The van der Waals surface area contributed by atoms with Gasteiger partial charge in [0.2, 0.25) is 0 Å². The zero-order valence-corrected chi connectivity index (χ0v) is 8.99. The van der Waals surface area contributed by atoms with Gasteiger partial charge in [0.05, 0.1) is 12.0 Å². The average molecular weight is 235 g/mol. The smallest absolute Gasteiger partial charge is 0.276 e. The minimum atomic E-state index is -0.396. The van der Waals surface area contributed by atoms with E-state index in [0.717, 1.165) is 0 Å². The van der Waals surface area contributed by atoms with Gasteiger partial charge in [0.1, 0.15) is 10.7 Å². The van der Waals surface area contributed by atoms with Crippen LogP contribution in [0.15, 0.2) is 29.5 Å². The number of aromatic amines is 1. The van der Waals surface area contributed by atoms with Gasteiger partial charge in [-0.3, -0.25) is 9.36 Å². The molecule has 0 saturated heterocycles. The number of aromatic nitrogens is 3. The Morgan fingerprint density at radius 1 is 1.56 bits per heavy atom. The molecule has 5 N–H and O–H groups in total. The zero-order chi connectivity index (χ0) is 11.7. The summed E-state index contributed by atoms with van der Waals surface area (Å²) in [6, 6.07) is 3.47. The third-order valence-corrected chi connectivity index (χ3v) is 2.31. The molecular weight excluding hydrogens is 226 g/mol. The molecule has 6 nitrogen and oxygen atoms in total. The van der Waals surface area contributed by atoms with Crippen LogP contribution in [0.4, 0.5) is 5.69 Å². The molecule has 0 aliphatic rings. The lowest BCUT2D eigenvalue weighted by atomic mass is 10.4. The molecule has 16 heavy (non-hydrogen) atoms. The lowest BCUT2D eigenvalue weighted by Gasteiger charge is -2.08. The van der Waals surface area contributed by atoms with E-state index in [1.54, 1.807) is 22.9 Å². The molecule has 0 atom stereocenters. The zero-order valence-electron chi connectivity index (χ0n) is 8.18. The molecule has 0 amide bonds. The van der Waals surface area contributed by atoms with E-state index in [9.17, 15) is 4.79 Å². The topological polar surface area (TPSA) is 103 Å². The van der Waals surface area contributed by atoms with Crippen LogP contribution in [0.5, 0.6) is 0 Å². The van der Waals surface area contributed by atoms with Crippen molar-refractivity contribution in [1.82, 2.24) is 14.5 Å². The van der Waals surface area contributed by atoms with E-state index in [1.165, 1.54) is 6.33 Å². The molecule has 0 bridgehead atoms. The molecule has 0 radical (unpaired) electrons. The molecule has 82 valence electrons. The number of thiocarbonyl (C=S) groups is 1. The minimum Gasteiger partial charge on any atom is -0.391 e. The maximum Gasteiger partial charge on any atom is 0.276 e. The van der Waals surface area contributed by atoms with Crippen LogP contribution in [0.2, 0.25) is 0 Å². The maximum atomic E-state index is 11.3. The summed E-state index contributed by atoms with van der Waals surface area (Å²) in [6.45, 7) is 0. The fourth-order valence-corrected chi connectivity index (χ4v) is 1.53. The fraction of sp³-hybridized carbons (Fsp3) is 0. The summed E-state index contributed by atoms with van der Waals surface area (Å²) in [5.41, 5.74) is 11.4. The molecule has 2 heterocycles. The highest BCUT2D eigenvalue weighted by Gasteiger charge is 2.11. The van der Waals surface area contributed by atoms with E-state index in [2.05, 4.69) is 9.97 Å². The van der Waals surface area contributed by atoms with Crippen LogP contribution >= 0.6 is 12.2 Å². The summed E-state index contributed by atoms with van der Waals surface area (Å²) in [4.78, 5) is 17.9. The molecule has 2 aromatic heterocycles. The first-order chi connectivity index (χ1) is 7.61. The Labute approximate surface area is 95.9 Å². The number of nitrogen functional groups attached to an aromatic ring is 1. The van der Waals surface area contributed by atoms with Crippen molar-refractivity contribution >= 4 is 22.9 Å². The standard InChI is InChI=1S/C9H9N5OS/c10-6-8(12-4-13-9(6)15)14-3-1-2-5(14)7(11)16/h1-4H,10H2,(H2,11,16)(H,12,13,15). The monoisotopic (exact) mass is 235 g/mol. The number of H-pyrrole nitrogens is 1. The van der Waals surface area contributed by atoms with Gasteiger partial charge in [0.25, 0.3) is 5.56 Å². The number of anilines is 1. The molecule has 0 saturated carbocycles. The first-order valence-electron chi connectivity index (χ1n) is 4.42. The van der Waals surface area contributed by atoms with Crippen molar-refractivity contribution in [1.29, 1.82) is 0 Å². The van der Waals surface area contributed by atoms with Crippen LogP contribution in [0.1, 0.15) is 5.69 Å². The lowest BCUT2D eigenvalue weighted by molar-refractivity contribution is 0.966. The van der Waals surface area contributed by atoms with E-state index in [-0.39, 0.29) is 10.7 Å². The van der Waals surface area contributed by atoms with Gasteiger partial charge >= 0.3 is 0 Å². The SMILES string of the molecule is NC(=S)c1cccn1-c1nc[nH]c(=O)c1N. The van der Waals surface area contributed by atoms with Gasteiger partial charge in [-0.1, -0.05) is 12.2 Å². The predicted octanol–water partition coefficient (Wildman–Crippen LogP) is -0.223. The Balaban J connectivity index is 2.68. The highest BCUT2D eigenvalue weighted by molar-refractivity contribution is 7.80. The number of nitrogens with two attached hydrogens (primary N) is 2. The summed E-state index contributed by atoms with van der Waals surface area (Å²) in [7, 11) is 0. The van der Waals surface area contributed by atoms with Crippen molar-refractivity contribution in [2.24, 2.45) is 5.73 Å². The Kier molecular flexibility index (Phi) is 2.45. The number of rotatable bonds is 2. The van der Waals surface area contributed by atoms with Gasteiger partial charge in [-0.2, -0.15) is 0 Å². The molecule has 7 heteroatoms. The predicted molar refractivity (Wildman–Crippen MR) is 64.5 cm³/mol. The highest BCUT2D eigenvalue weighted by Crippen LogP contribution is 2.13. The summed E-state index contributed by atoms with van der Waals surface area (Å²) in [5.74, 6) is 0.316. The highest BCUT2D eigenvalue weighted by atomic mass is 32.1. The van der Waals surface area contributed by atoms with Crippen molar-refractivity contribution in [2.45, 2.75) is 0 Å². The Morgan fingerprint density at radius 3 is 3.00 bits per heavy atom. The van der Waals surface area contributed by atoms with Crippen LogP contribution < -0.4 is 17.0 Å². The van der Waals surface area contributed by atoms with E-state index >= 15 is 0 Å². The maximum absolute atomic E-state index is 11.3. The van der Waals surface area contributed by atoms with Crippen LogP contribution in [0, 0.1) is 0 Å². The van der Waals surface area contributed by atoms with Crippen molar-refractivity contribution < 1.29 is 0 Å². The first-order valence-corrected chi connectivity index (χ1v) is 4.83. The summed E-state index contributed by atoms with van der Waals surface area (Å²) < 4.78 is 1.58. The van der Waals surface area contributed by atoms with Crippen LogP contribution in [0.3, 0.4) is 0 Å². The largest absolute Gasteiger partial charge is 0.391 e. The van der Waals surface area contributed by atoms with Gasteiger partial charge in [-0.05, 0) is 12.1 Å². The summed E-state index contributed by atoms with van der Waals surface area (Å²) >= 11 is 4.88. The molecule has 0 aromatic carbocycles. The quantitative estimate of drug-likeness (QED) is 0.624. The van der Waals surface area contributed by atoms with Gasteiger partial charge in [0, 0.05) is 6.20 Å². The summed E-state index contributed by atoms with van der Waals surface area (Å²) in [6.07, 6.45) is 2.96. The average Bonchev–Trinajstić information content (AvgIpc) is 2.70. The van der Waals surface area contributed by atoms with Gasteiger partial charge in [-0.25, -0.2) is 4.98 Å². The molecule has 0 spiro atoms. The molecule has 0 fully saturated rings. The van der Waals surface area contributed by atoms with Crippen molar-refractivity contribution in [3.05, 3.63) is 40.7 Å². The second-order valence-electron chi connectivity index (χ2n) is 3.10. The molecule has 0 unspecified atom stereocenters. The Hall–Kier alpha value is -2.15. The molecule has 0 aliphatic carbocycles. The lowest BCUT2D eigenvalue weighted by Crippen LogP contribution is -2.20. The van der Waals surface area contributed by atoms with E-state index in [0.29, 0.717) is 11.5 Å². The van der Waals surface area contributed by atoms with E-state index in [1.807, 2.05) is 0 Å². The molecule has 0 aliphatic heterocycles. The third-order valence-electron chi connectivity index (χ3n) is 2.10. The van der Waals surface area contributed by atoms with Crippen molar-refractivity contribution in [2.75, 3.05) is 5.73 Å². The Morgan fingerprint density at radius 2 is 2.31 bits per heavy atom. The Bertz CT molecular complexity index is 600. The van der Waals surface area contributed by atoms with Gasteiger partial charge in [0.15, 0.2) is 5.82 Å². The first kappa shape index (κ1) is 10.4. The summed E-state index contributed by atoms with van der Waals surface area (Å²) in [5, 5.41) is 0. The number of nitrogens with one attached hydrogen (secondary N) is 1. The molecular formula is C9H9N5OS. The van der Waals surface area contributed by atoms with Crippen molar-refractivity contribution in [3.63, 3.8) is 0 Å². The van der Waals surface area contributed by atoms with E-state index < -0.39 is 5.56 Å². The number of hydrogen-bond acceptors (Lipinski definition) is 4. The van der Waals surface area contributed by atoms with Gasteiger partial charge < -0.3 is 16.5 Å². The van der Waals surface area contributed by atoms with Crippen LogP contribution in [-0.4, -0.2) is 19.5 Å². The second-order valence-corrected chi connectivity index (χ2v) is 3.54. The number of hydrogen-bond donors (Lipinski definition) is 3. The molecule has 2 aromatic rings.